The predicted molar refractivity (Wildman–Crippen MR) is 93.9 cm³/mol. The van der Waals surface area contributed by atoms with Gasteiger partial charge in [-0.2, -0.15) is 11.8 Å². The maximum absolute atomic E-state index is 11.5. The molecule has 2 rings (SSSR count). The Balaban J connectivity index is 2.21. The number of thioether (sulfide) groups is 1. The van der Waals surface area contributed by atoms with Crippen LogP contribution in [0.15, 0.2) is 29.8 Å². The second kappa shape index (κ2) is 8.40. The van der Waals surface area contributed by atoms with Crippen molar-refractivity contribution in [3.8, 4) is 0 Å². The van der Waals surface area contributed by atoms with Crippen molar-refractivity contribution >= 4 is 23.4 Å². The van der Waals surface area contributed by atoms with Crippen LogP contribution in [0.3, 0.4) is 0 Å². The molecule has 1 aliphatic heterocycles. The van der Waals surface area contributed by atoms with Crippen molar-refractivity contribution in [1.82, 2.24) is 15.2 Å². The zero-order chi connectivity index (χ0) is 16.8. The number of nitro groups is 1. The molecule has 1 aliphatic rings. The molecule has 0 aliphatic carbocycles. The molecule has 1 saturated heterocycles. The monoisotopic (exact) mass is 356 g/mol. The van der Waals surface area contributed by atoms with E-state index in [2.05, 4.69) is 24.1 Å². The first-order valence-electron chi connectivity index (χ1n) is 7.59. The molecule has 0 saturated carbocycles. The Labute approximate surface area is 145 Å². The van der Waals surface area contributed by atoms with Crippen LogP contribution in [0.5, 0.6) is 0 Å². The fraction of sp³-hybridized carbons (Fsp3) is 0.533. The largest absolute Gasteiger partial charge is 0.364 e. The van der Waals surface area contributed by atoms with Gasteiger partial charge in [0, 0.05) is 25.3 Å². The van der Waals surface area contributed by atoms with Crippen LogP contribution in [0.2, 0.25) is 5.15 Å². The highest BCUT2D eigenvalue weighted by molar-refractivity contribution is 7.99. The summed E-state index contributed by atoms with van der Waals surface area (Å²) in [5, 5.41) is 15.1. The summed E-state index contributed by atoms with van der Waals surface area (Å²) in [6, 6.07) is 3.82. The van der Waals surface area contributed by atoms with Gasteiger partial charge in [-0.15, -0.1) is 0 Å². The Morgan fingerprint density at radius 1 is 1.61 bits per heavy atom. The van der Waals surface area contributed by atoms with Gasteiger partial charge in [-0.3, -0.25) is 10.1 Å². The van der Waals surface area contributed by atoms with Crippen LogP contribution >= 0.6 is 23.4 Å². The summed E-state index contributed by atoms with van der Waals surface area (Å²) in [5.74, 6) is 1.95. The number of pyridine rings is 1. The van der Waals surface area contributed by atoms with Crippen molar-refractivity contribution in [1.29, 1.82) is 0 Å². The maximum atomic E-state index is 11.5. The molecule has 1 aromatic heterocycles. The van der Waals surface area contributed by atoms with E-state index < -0.39 is 0 Å². The van der Waals surface area contributed by atoms with Gasteiger partial charge in [-0.1, -0.05) is 24.6 Å². The Hall–Kier alpha value is -1.47. The minimum atomic E-state index is -0.268. The molecule has 2 heterocycles. The molecule has 1 N–H and O–H groups in total. The maximum Gasteiger partial charge on any atom is 0.295 e. The SMILES string of the molecule is CCCSC/C(=C1\NCC(C)N1Cc1ccc(Cl)nc1)[N+](=O)[O-]. The lowest BCUT2D eigenvalue weighted by Crippen LogP contribution is -2.29. The van der Waals surface area contributed by atoms with Crippen molar-refractivity contribution in [3.63, 3.8) is 0 Å². The van der Waals surface area contributed by atoms with E-state index in [1.54, 1.807) is 24.0 Å². The van der Waals surface area contributed by atoms with Gasteiger partial charge in [0.15, 0.2) is 5.82 Å². The molecular formula is C15H21ClN4O2S. The summed E-state index contributed by atoms with van der Waals surface area (Å²) < 4.78 is 0. The van der Waals surface area contributed by atoms with E-state index in [1.165, 1.54) is 0 Å². The normalized spacial score (nSPS) is 19.6. The second-order valence-corrected chi connectivity index (χ2v) is 6.94. The quantitative estimate of drug-likeness (QED) is 0.350. The van der Waals surface area contributed by atoms with Gasteiger partial charge in [0.25, 0.3) is 5.70 Å². The zero-order valence-electron chi connectivity index (χ0n) is 13.3. The summed E-state index contributed by atoms with van der Waals surface area (Å²) in [4.78, 5) is 17.3. The van der Waals surface area contributed by atoms with E-state index >= 15 is 0 Å². The van der Waals surface area contributed by atoms with Crippen LogP contribution in [0, 0.1) is 10.1 Å². The molecule has 1 unspecified atom stereocenters. The molecular weight excluding hydrogens is 336 g/mol. The lowest BCUT2D eigenvalue weighted by atomic mass is 10.2. The van der Waals surface area contributed by atoms with E-state index in [1.807, 2.05) is 11.0 Å². The highest BCUT2D eigenvalue weighted by atomic mass is 35.5. The Morgan fingerprint density at radius 2 is 2.39 bits per heavy atom. The van der Waals surface area contributed by atoms with Crippen molar-refractivity contribution in [2.75, 3.05) is 18.1 Å². The number of rotatable bonds is 7. The summed E-state index contributed by atoms with van der Waals surface area (Å²) in [6.07, 6.45) is 2.72. The molecule has 0 amide bonds. The molecule has 0 aromatic carbocycles. The van der Waals surface area contributed by atoms with E-state index in [0.717, 1.165) is 17.7 Å². The standard InChI is InChI=1S/C15H21ClN4O2S/c1-3-6-23-10-13(20(21)22)15-18-7-11(2)19(15)9-12-4-5-14(16)17-8-12/h4-5,8,11,18H,3,6-7,9-10H2,1-2H3/b15-13-. The number of aromatic nitrogens is 1. The van der Waals surface area contributed by atoms with Crippen molar-refractivity contribution < 1.29 is 4.92 Å². The number of nitrogens with one attached hydrogen (secondary N) is 1. The van der Waals surface area contributed by atoms with Gasteiger partial charge in [0.05, 0.1) is 10.7 Å². The Kier molecular flexibility index (Phi) is 6.53. The third kappa shape index (κ3) is 4.75. The topological polar surface area (TPSA) is 71.3 Å². The second-order valence-electron chi connectivity index (χ2n) is 5.45. The van der Waals surface area contributed by atoms with Crippen LogP contribution in [0.1, 0.15) is 25.8 Å². The summed E-state index contributed by atoms with van der Waals surface area (Å²) in [7, 11) is 0. The molecule has 126 valence electrons. The molecule has 23 heavy (non-hydrogen) atoms. The number of hydrogen-bond acceptors (Lipinski definition) is 6. The van der Waals surface area contributed by atoms with Crippen LogP contribution in [-0.4, -0.2) is 38.9 Å². The highest BCUT2D eigenvalue weighted by Gasteiger charge is 2.32. The van der Waals surface area contributed by atoms with Crippen molar-refractivity contribution in [2.45, 2.75) is 32.9 Å². The van der Waals surface area contributed by atoms with E-state index in [4.69, 9.17) is 11.6 Å². The molecule has 0 spiro atoms. The molecule has 1 atom stereocenters. The van der Waals surface area contributed by atoms with E-state index in [-0.39, 0.29) is 16.7 Å². The number of nitrogens with zero attached hydrogens (tertiary/aromatic N) is 3. The highest BCUT2D eigenvalue weighted by Crippen LogP contribution is 2.24. The van der Waals surface area contributed by atoms with Gasteiger partial charge < -0.3 is 10.2 Å². The van der Waals surface area contributed by atoms with Crippen LogP contribution in [0.25, 0.3) is 0 Å². The lowest BCUT2D eigenvalue weighted by molar-refractivity contribution is -0.426. The molecule has 0 radical (unpaired) electrons. The van der Waals surface area contributed by atoms with Crippen molar-refractivity contribution in [2.24, 2.45) is 0 Å². The summed E-state index contributed by atoms with van der Waals surface area (Å²) >= 11 is 7.40. The molecule has 1 fully saturated rings. The fourth-order valence-electron chi connectivity index (χ4n) is 2.40. The van der Waals surface area contributed by atoms with Crippen LogP contribution < -0.4 is 5.32 Å². The molecule has 8 heteroatoms. The van der Waals surface area contributed by atoms with Crippen molar-refractivity contribution in [3.05, 3.63) is 50.7 Å². The molecule has 6 nitrogen and oxygen atoms in total. The Morgan fingerprint density at radius 3 is 3.00 bits per heavy atom. The van der Waals surface area contributed by atoms with Crippen LogP contribution in [0.4, 0.5) is 0 Å². The van der Waals surface area contributed by atoms with Gasteiger partial charge in [-0.25, -0.2) is 4.98 Å². The average Bonchev–Trinajstić information content (AvgIpc) is 2.87. The van der Waals surface area contributed by atoms with Crippen LogP contribution in [-0.2, 0) is 6.54 Å². The molecule has 0 bridgehead atoms. The third-order valence-electron chi connectivity index (χ3n) is 3.61. The molecule has 1 aromatic rings. The number of hydrogen-bond donors (Lipinski definition) is 1. The van der Waals surface area contributed by atoms with E-state index in [9.17, 15) is 10.1 Å². The summed E-state index contributed by atoms with van der Waals surface area (Å²) in [5.41, 5.74) is 1.22. The Bertz CT molecular complexity index is 579. The minimum Gasteiger partial charge on any atom is -0.364 e. The predicted octanol–water partition coefficient (Wildman–Crippen LogP) is 3.12. The number of halogens is 1. The smallest absolute Gasteiger partial charge is 0.295 e. The van der Waals surface area contributed by atoms with E-state index in [0.29, 0.717) is 29.8 Å². The van der Waals surface area contributed by atoms with Gasteiger partial charge in [0.2, 0.25) is 0 Å². The lowest BCUT2D eigenvalue weighted by Gasteiger charge is -2.23. The van der Waals surface area contributed by atoms with Gasteiger partial charge in [0.1, 0.15) is 5.15 Å². The van der Waals surface area contributed by atoms with Gasteiger partial charge in [-0.05, 0) is 30.7 Å². The summed E-state index contributed by atoms with van der Waals surface area (Å²) in [6.45, 7) is 5.40. The minimum absolute atomic E-state index is 0.187. The van der Waals surface area contributed by atoms with Gasteiger partial charge >= 0.3 is 0 Å². The zero-order valence-corrected chi connectivity index (χ0v) is 14.9. The fourth-order valence-corrected chi connectivity index (χ4v) is 3.38. The first kappa shape index (κ1) is 17.9. The third-order valence-corrected chi connectivity index (χ3v) is 5.00. The first-order valence-corrected chi connectivity index (χ1v) is 9.12. The first-order chi connectivity index (χ1) is 11.0. The average molecular weight is 357 g/mol.